The fourth-order valence-corrected chi connectivity index (χ4v) is 5.62. The molecule has 176 valence electrons. The van der Waals surface area contributed by atoms with Crippen molar-refractivity contribution < 1.29 is 22.3 Å². The molecule has 6 nitrogen and oxygen atoms in total. The maximum atomic E-state index is 14.3. The van der Waals surface area contributed by atoms with Gasteiger partial charge in [-0.25, -0.2) is 12.8 Å². The van der Waals surface area contributed by atoms with E-state index in [2.05, 4.69) is 0 Å². The van der Waals surface area contributed by atoms with Crippen molar-refractivity contribution in [3.63, 3.8) is 0 Å². The molecule has 1 aliphatic heterocycles. The number of sulfonamides is 1. The molecule has 1 fully saturated rings. The number of carbonyl (C=O) groups excluding carboxylic acids is 1. The van der Waals surface area contributed by atoms with Crippen LogP contribution < -0.4 is 9.64 Å². The number of anilines is 1. The van der Waals surface area contributed by atoms with Crippen LogP contribution in [0.4, 0.5) is 10.1 Å². The molecule has 0 radical (unpaired) electrons. The van der Waals surface area contributed by atoms with E-state index in [0.717, 1.165) is 30.2 Å². The Kier molecular flexibility index (Phi) is 6.10. The Morgan fingerprint density at radius 2 is 1.76 bits per heavy atom. The Hall–Kier alpha value is -3.23. The van der Waals surface area contributed by atoms with Gasteiger partial charge in [0, 0.05) is 30.3 Å². The van der Waals surface area contributed by atoms with E-state index in [4.69, 9.17) is 4.74 Å². The van der Waals surface area contributed by atoms with Crippen LogP contribution in [0, 0.1) is 11.7 Å². The van der Waals surface area contributed by atoms with Gasteiger partial charge in [-0.15, -0.1) is 0 Å². The minimum atomic E-state index is -4.04. The van der Waals surface area contributed by atoms with E-state index in [1.165, 1.54) is 22.5 Å². The smallest absolute Gasteiger partial charge is 0.246 e. The SMILES string of the molecule is O=C(C1CC1)N(Cc1ccc2c(c1)CN(S(=O)(=O)c1ccccc1F)CCO2)c1ccccc1. The van der Waals surface area contributed by atoms with Crippen LogP contribution in [-0.4, -0.2) is 31.8 Å². The summed E-state index contributed by atoms with van der Waals surface area (Å²) >= 11 is 0. The Labute approximate surface area is 198 Å². The van der Waals surface area contributed by atoms with E-state index >= 15 is 0 Å². The summed E-state index contributed by atoms with van der Waals surface area (Å²) in [6.07, 6.45) is 1.81. The third kappa shape index (κ3) is 4.56. The summed E-state index contributed by atoms with van der Waals surface area (Å²) in [5.41, 5.74) is 2.38. The highest BCUT2D eigenvalue weighted by Gasteiger charge is 2.34. The van der Waals surface area contributed by atoms with Crippen molar-refractivity contribution in [1.29, 1.82) is 0 Å². The summed E-state index contributed by atoms with van der Waals surface area (Å²) in [6.45, 7) is 0.696. The molecule has 0 atom stereocenters. The summed E-state index contributed by atoms with van der Waals surface area (Å²) < 4.78 is 47.7. The van der Waals surface area contributed by atoms with Gasteiger partial charge in [0.25, 0.3) is 0 Å². The van der Waals surface area contributed by atoms with Gasteiger partial charge in [-0.05, 0) is 54.8 Å². The molecule has 0 unspecified atom stereocenters. The number of nitrogens with zero attached hydrogens (tertiary/aromatic N) is 2. The second-order valence-corrected chi connectivity index (χ2v) is 10.5. The largest absolute Gasteiger partial charge is 0.492 e. The van der Waals surface area contributed by atoms with Crippen LogP contribution in [0.15, 0.2) is 77.7 Å². The molecule has 0 aromatic heterocycles. The number of amides is 1. The zero-order chi connectivity index (χ0) is 23.7. The van der Waals surface area contributed by atoms with Gasteiger partial charge in [-0.2, -0.15) is 4.31 Å². The number of hydrogen-bond acceptors (Lipinski definition) is 4. The summed E-state index contributed by atoms with van der Waals surface area (Å²) in [7, 11) is -4.04. The molecule has 1 amide bonds. The van der Waals surface area contributed by atoms with Crippen LogP contribution in [0.2, 0.25) is 0 Å². The van der Waals surface area contributed by atoms with Gasteiger partial charge in [-0.3, -0.25) is 4.79 Å². The number of carbonyl (C=O) groups is 1. The van der Waals surface area contributed by atoms with Crippen molar-refractivity contribution in [2.24, 2.45) is 5.92 Å². The van der Waals surface area contributed by atoms with Gasteiger partial charge in [0.15, 0.2) is 0 Å². The Bertz CT molecular complexity index is 1310. The summed E-state index contributed by atoms with van der Waals surface area (Å²) in [6, 6.07) is 20.5. The van der Waals surface area contributed by atoms with Crippen LogP contribution in [0.25, 0.3) is 0 Å². The zero-order valence-corrected chi connectivity index (χ0v) is 19.4. The molecule has 1 aliphatic carbocycles. The van der Waals surface area contributed by atoms with Crippen molar-refractivity contribution >= 4 is 21.6 Å². The van der Waals surface area contributed by atoms with Gasteiger partial charge in [0.05, 0.1) is 6.54 Å². The standard InChI is InChI=1S/C26H25FN2O4S/c27-23-8-4-5-9-25(23)34(31,32)28-14-15-33-24-13-10-19(16-21(24)18-28)17-29(26(30)20-11-12-20)22-6-2-1-3-7-22/h1-10,13,16,20H,11-12,14-15,17-18H2. The first kappa shape index (κ1) is 22.6. The maximum Gasteiger partial charge on any atom is 0.246 e. The predicted molar refractivity (Wildman–Crippen MR) is 126 cm³/mol. The van der Waals surface area contributed by atoms with Gasteiger partial charge in [-0.1, -0.05) is 36.4 Å². The molecule has 0 bridgehead atoms. The molecule has 3 aromatic carbocycles. The first-order valence-corrected chi connectivity index (χ1v) is 12.7. The molecule has 1 saturated carbocycles. The number of rotatable bonds is 6. The highest BCUT2D eigenvalue weighted by molar-refractivity contribution is 7.89. The molecule has 2 aliphatic rings. The first-order valence-electron chi connectivity index (χ1n) is 11.3. The van der Waals surface area contributed by atoms with Crippen molar-refractivity contribution in [3.8, 4) is 5.75 Å². The number of fused-ring (bicyclic) bond motifs is 1. The van der Waals surface area contributed by atoms with Crippen LogP contribution in [-0.2, 0) is 27.9 Å². The second kappa shape index (κ2) is 9.19. The van der Waals surface area contributed by atoms with Crippen molar-refractivity contribution in [2.75, 3.05) is 18.1 Å². The fraction of sp³-hybridized carbons (Fsp3) is 0.269. The molecule has 5 rings (SSSR count). The molecular weight excluding hydrogens is 455 g/mol. The lowest BCUT2D eigenvalue weighted by Gasteiger charge is -2.24. The van der Waals surface area contributed by atoms with Crippen LogP contribution in [0.3, 0.4) is 0 Å². The third-order valence-electron chi connectivity index (χ3n) is 6.13. The Morgan fingerprint density at radius 1 is 1.03 bits per heavy atom. The van der Waals surface area contributed by atoms with Gasteiger partial charge >= 0.3 is 0 Å². The maximum absolute atomic E-state index is 14.3. The molecule has 0 spiro atoms. The van der Waals surface area contributed by atoms with E-state index in [1.807, 2.05) is 48.5 Å². The highest BCUT2D eigenvalue weighted by atomic mass is 32.2. The van der Waals surface area contributed by atoms with Crippen molar-refractivity contribution in [3.05, 3.63) is 89.7 Å². The lowest BCUT2D eigenvalue weighted by atomic mass is 10.1. The van der Waals surface area contributed by atoms with Crippen LogP contribution >= 0.6 is 0 Å². The first-order chi connectivity index (χ1) is 16.4. The third-order valence-corrected chi connectivity index (χ3v) is 8.00. The summed E-state index contributed by atoms with van der Waals surface area (Å²) in [5.74, 6) is -0.0274. The minimum Gasteiger partial charge on any atom is -0.492 e. The summed E-state index contributed by atoms with van der Waals surface area (Å²) in [4.78, 5) is 14.4. The quantitative estimate of drug-likeness (QED) is 0.526. The minimum absolute atomic E-state index is 0.0573. The lowest BCUT2D eigenvalue weighted by Crippen LogP contribution is -2.33. The average molecular weight is 481 g/mol. The average Bonchev–Trinajstić information content (AvgIpc) is 3.70. The molecule has 0 saturated heterocycles. The normalized spacial score (nSPS) is 16.3. The van der Waals surface area contributed by atoms with Crippen molar-refractivity contribution in [1.82, 2.24) is 4.31 Å². The molecular formula is C26H25FN2O4S. The highest BCUT2D eigenvalue weighted by Crippen LogP contribution is 2.34. The Balaban J connectivity index is 1.43. The number of hydrogen-bond donors (Lipinski definition) is 0. The molecule has 0 N–H and O–H groups in total. The molecule has 34 heavy (non-hydrogen) atoms. The number of benzene rings is 3. The van der Waals surface area contributed by atoms with Crippen molar-refractivity contribution in [2.45, 2.75) is 30.8 Å². The lowest BCUT2D eigenvalue weighted by molar-refractivity contribution is -0.119. The number of ether oxygens (including phenoxy) is 1. The number of halogens is 1. The molecule has 3 aromatic rings. The molecule has 1 heterocycles. The topological polar surface area (TPSA) is 66.9 Å². The van der Waals surface area contributed by atoms with E-state index < -0.39 is 15.8 Å². The van der Waals surface area contributed by atoms with Gasteiger partial charge in [0.1, 0.15) is 23.1 Å². The second-order valence-electron chi connectivity index (χ2n) is 8.59. The molecule has 8 heteroatoms. The predicted octanol–water partition coefficient (Wildman–Crippen LogP) is 4.35. The fourth-order valence-electron chi connectivity index (χ4n) is 4.16. The summed E-state index contributed by atoms with van der Waals surface area (Å²) in [5, 5.41) is 0. The zero-order valence-electron chi connectivity index (χ0n) is 18.6. The van der Waals surface area contributed by atoms with Gasteiger partial charge < -0.3 is 9.64 Å². The van der Waals surface area contributed by atoms with E-state index in [9.17, 15) is 17.6 Å². The van der Waals surface area contributed by atoms with Gasteiger partial charge in [0.2, 0.25) is 15.9 Å². The van der Waals surface area contributed by atoms with Crippen LogP contribution in [0.1, 0.15) is 24.0 Å². The van der Waals surface area contributed by atoms with E-state index in [0.29, 0.717) is 17.9 Å². The van der Waals surface area contributed by atoms with E-state index in [-0.39, 0.29) is 36.4 Å². The van der Waals surface area contributed by atoms with Crippen LogP contribution in [0.5, 0.6) is 5.75 Å². The monoisotopic (exact) mass is 480 g/mol. The number of para-hydroxylation sites is 1. The van der Waals surface area contributed by atoms with E-state index in [1.54, 1.807) is 4.90 Å². The Morgan fingerprint density at radius 3 is 2.50 bits per heavy atom.